The second-order valence-corrected chi connectivity index (χ2v) is 10.2. The molecule has 0 aromatic rings. The molecule has 0 nitrogen and oxygen atoms in total. The molecule has 112 valence electrons. The van der Waals surface area contributed by atoms with Crippen molar-refractivity contribution in [1.29, 1.82) is 0 Å². The van der Waals surface area contributed by atoms with E-state index >= 15 is 0 Å². The molecular formula is C20H33+. The van der Waals surface area contributed by atoms with E-state index in [4.69, 9.17) is 0 Å². The first-order chi connectivity index (χ1) is 9.22. The van der Waals surface area contributed by atoms with Crippen molar-refractivity contribution in [2.75, 3.05) is 0 Å². The smallest absolute Gasteiger partial charge is 0.0596 e. The van der Waals surface area contributed by atoms with Crippen LogP contribution < -0.4 is 0 Å². The zero-order chi connectivity index (χ0) is 14.4. The van der Waals surface area contributed by atoms with Gasteiger partial charge in [-0.15, -0.1) is 0 Å². The van der Waals surface area contributed by atoms with E-state index in [9.17, 15) is 0 Å². The molecule has 0 saturated heterocycles. The maximum atomic E-state index is 2.70. The lowest BCUT2D eigenvalue weighted by Gasteiger charge is -2.50. The second kappa shape index (κ2) is 3.61. The fourth-order valence-electron chi connectivity index (χ4n) is 7.81. The first-order valence-corrected chi connectivity index (χ1v) is 9.06. The predicted molar refractivity (Wildman–Crippen MR) is 85.2 cm³/mol. The van der Waals surface area contributed by atoms with Gasteiger partial charge in [0.1, 0.15) is 5.41 Å². The summed E-state index contributed by atoms with van der Waals surface area (Å²) in [7, 11) is 0. The van der Waals surface area contributed by atoms with Gasteiger partial charge >= 0.3 is 0 Å². The van der Waals surface area contributed by atoms with Crippen LogP contribution in [0.3, 0.4) is 0 Å². The standard InChI is InChI=1S/C20H33/c1-17(2)11-12-18(3)13-15-14(16(17)18)7-10-19(4)8-6-9-20(15,19)5/h8,14-16H,6-7,9-13H2,1-5H3/q+1/t14-,15-,16-,18-,19-,20+/m1/s1. The molecule has 4 aliphatic carbocycles. The fourth-order valence-corrected chi connectivity index (χ4v) is 7.81. The van der Waals surface area contributed by atoms with Crippen LogP contribution in [0.15, 0.2) is 0 Å². The van der Waals surface area contributed by atoms with E-state index in [-0.39, 0.29) is 0 Å². The molecule has 0 aliphatic heterocycles. The van der Waals surface area contributed by atoms with Gasteiger partial charge in [-0.2, -0.15) is 0 Å². The summed E-state index contributed by atoms with van der Waals surface area (Å²) in [6.07, 6.45) is 13.0. The van der Waals surface area contributed by atoms with E-state index in [1.807, 2.05) is 0 Å². The van der Waals surface area contributed by atoms with Crippen molar-refractivity contribution in [3.63, 3.8) is 0 Å². The van der Waals surface area contributed by atoms with Gasteiger partial charge in [0.25, 0.3) is 0 Å². The Bertz CT molecular complexity index is 435. The Kier molecular flexibility index (Phi) is 2.44. The minimum Gasteiger partial charge on any atom is -0.0596 e. The monoisotopic (exact) mass is 273 g/mol. The van der Waals surface area contributed by atoms with Gasteiger partial charge in [-0.05, 0) is 74.0 Å². The minimum atomic E-state index is 0.549. The van der Waals surface area contributed by atoms with Gasteiger partial charge in [0.05, 0.1) is 12.8 Å². The fraction of sp³-hybridized carbons (Fsp3) is 0.950. The lowest BCUT2D eigenvalue weighted by atomic mass is 9.51. The summed E-state index contributed by atoms with van der Waals surface area (Å²) in [5.74, 6) is 3.04. The summed E-state index contributed by atoms with van der Waals surface area (Å²) in [5, 5.41) is 0. The van der Waals surface area contributed by atoms with E-state index in [0.29, 0.717) is 21.7 Å². The third-order valence-corrected chi connectivity index (χ3v) is 8.94. The van der Waals surface area contributed by atoms with E-state index in [0.717, 1.165) is 17.8 Å². The van der Waals surface area contributed by atoms with Crippen molar-refractivity contribution in [3.8, 4) is 0 Å². The van der Waals surface area contributed by atoms with Crippen LogP contribution in [-0.2, 0) is 0 Å². The van der Waals surface area contributed by atoms with Crippen LogP contribution >= 0.6 is 0 Å². The second-order valence-electron chi connectivity index (χ2n) is 10.2. The highest BCUT2D eigenvalue weighted by Gasteiger charge is 2.70. The Morgan fingerprint density at radius 2 is 1.65 bits per heavy atom. The lowest BCUT2D eigenvalue weighted by Crippen LogP contribution is -2.47. The van der Waals surface area contributed by atoms with E-state index in [2.05, 4.69) is 41.0 Å². The Morgan fingerprint density at radius 3 is 2.40 bits per heavy atom. The van der Waals surface area contributed by atoms with Gasteiger partial charge in [0, 0.05) is 5.41 Å². The molecule has 0 spiro atoms. The zero-order valence-corrected chi connectivity index (χ0v) is 14.3. The highest BCUT2D eigenvalue weighted by Crippen LogP contribution is 2.75. The summed E-state index contributed by atoms with van der Waals surface area (Å²) in [4.78, 5) is 0. The molecule has 0 heterocycles. The Hall–Kier alpha value is -0.130. The van der Waals surface area contributed by atoms with Gasteiger partial charge < -0.3 is 0 Å². The number of hydrogen-bond acceptors (Lipinski definition) is 0. The Labute approximate surface area is 126 Å². The van der Waals surface area contributed by atoms with Crippen molar-refractivity contribution in [1.82, 2.24) is 0 Å². The molecule has 0 heteroatoms. The van der Waals surface area contributed by atoms with Crippen LogP contribution in [0.1, 0.15) is 79.6 Å². The molecule has 4 aliphatic rings. The minimum absolute atomic E-state index is 0.549. The Morgan fingerprint density at radius 1 is 0.900 bits per heavy atom. The number of rotatable bonds is 0. The summed E-state index contributed by atoms with van der Waals surface area (Å²) in [5.41, 5.74) is 2.42. The quantitative estimate of drug-likeness (QED) is 0.484. The zero-order valence-electron chi connectivity index (χ0n) is 14.3. The van der Waals surface area contributed by atoms with Gasteiger partial charge in [0.2, 0.25) is 0 Å². The molecule has 0 N–H and O–H groups in total. The molecule has 0 bridgehead atoms. The van der Waals surface area contributed by atoms with Crippen molar-refractivity contribution in [3.05, 3.63) is 6.42 Å². The molecule has 4 rings (SSSR count). The molecule has 6 atom stereocenters. The molecule has 0 aromatic heterocycles. The van der Waals surface area contributed by atoms with Crippen LogP contribution in [-0.4, -0.2) is 0 Å². The third-order valence-electron chi connectivity index (χ3n) is 8.94. The highest BCUT2D eigenvalue weighted by molar-refractivity contribution is 5.19. The van der Waals surface area contributed by atoms with Crippen molar-refractivity contribution in [2.24, 2.45) is 39.4 Å². The van der Waals surface area contributed by atoms with E-state index in [1.54, 1.807) is 0 Å². The predicted octanol–water partition coefficient (Wildman–Crippen LogP) is 5.87. The molecule has 0 amide bonds. The SMILES string of the molecule is CC1(C)CC[C@]2(C)C[C@@H]3[C@@H](CC[C@@]4(C)[CH+]CC[C@@]34C)[C@H]12. The van der Waals surface area contributed by atoms with E-state index < -0.39 is 0 Å². The molecule has 0 aromatic carbocycles. The van der Waals surface area contributed by atoms with Gasteiger partial charge in [0.15, 0.2) is 0 Å². The average Bonchev–Trinajstić information content (AvgIpc) is 2.90. The molecular weight excluding hydrogens is 240 g/mol. The van der Waals surface area contributed by atoms with Gasteiger partial charge in [-0.1, -0.05) is 27.7 Å². The van der Waals surface area contributed by atoms with Gasteiger partial charge in [-0.25, -0.2) is 0 Å². The molecule has 4 fully saturated rings. The number of hydrogen-bond donors (Lipinski definition) is 0. The first kappa shape index (κ1) is 13.5. The van der Waals surface area contributed by atoms with Crippen molar-refractivity contribution >= 4 is 0 Å². The Balaban J connectivity index is 1.76. The van der Waals surface area contributed by atoms with Crippen LogP contribution in [0, 0.1) is 45.8 Å². The maximum Gasteiger partial charge on any atom is 0.111 e. The third kappa shape index (κ3) is 1.37. The largest absolute Gasteiger partial charge is 0.111 e. The summed E-state index contributed by atoms with van der Waals surface area (Å²) in [6.45, 7) is 13.0. The van der Waals surface area contributed by atoms with Crippen LogP contribution in [0.4, 0.5) is 0 Å². The average molecular weight is 273 g/mol. The summed E-state index contributed by atoms with van der Waals surface area (Å²) >= 11 is 0. The molecule has 4 saturated carbocycles. The topological polar surface area (TPSA) is 0 Å². The molecule has 0 radical (unpaired) electrons. The maximum absolute atomic E-state index is 2.70. The first-order valence-electron chi connectivity index (χ1n) is 9.06. The van der Waals surface area contributed by atoms with E-state index in [1.165, 1.54) is 44.9 Å². The van der Waals surface area contributed by atoms with Crippen molar-refractivity contribution < 1.29 is 0 Å². The van der Waals surface area contributed by atoms with Crippen molar-refractivity contribution in [2.45, 2.75) is 79.6 Å². The van der Waals surface area contributed by atoms with Crippen LogP contribution in [0.5, 0.6) is 0 Å². The lowest BCUT2D eigenvalue weighted by molar-refractivity contribution is -0.0382. The number of fused-ring (bicyclic) bond motifs is 5. The summed E-state index contributed by atoms with van der Waals surface area (Å²) < 4.78 is 0. The molecule has 20 heavy (non-hydrogen) atoms. The molecule has 0 unspecified atom stereocenters. The summed E-state index contributed by atoms with van der Waals surface area (Å²) in [6, 6.07) is 0. The highest BCUT2D eigenvalue weighted by atomic mass is 14.7. The normalized spacial score (nSPS) is 59.8. The van der Waals surface area contributed by atoms with Gasteiger partial charge in [-0.3, -0.25) is 0 Å². The van der Waals surface area contributed by atoms with Crippen LogP contribution in [0.25, 0.3) is 0 Å². The van der Waals surface area contributed by atoms with Crippen LogP contribution in [0.2, 0.25) is 0 Å².